The van der Waals surface area contributed by atoms with E-state index in [0.29, 0.717) is 5.95 Å². The maximum atomic E-state index is 4.91. The van der Waals surface area contributed by atoms with Crippen molar-refractivity contribution in [3.05, 3.63) is 47.3 Å². The second kappa shape index (κ2) is 7.43. The van der Waals surface area contributed by atoms with Gasteiger partial charge in [-0.05, 0) is 56.1 Å². The van der Waals surface area contributed by atoms with E-state index in [-0.39, 0.29) is 0 Å². The van der Waals surface area contributed by atoms with E-state index in [1.807, 2.05) is 6.20 Å². The smallest absolute Gasteiger partial charge is 0.227 e. The van der Waals surface area contributed by atoms with Gasteiger partial charge in [-0.2, -0.15) is 0 Å². The van der Waals surface area contributed by atoms with Crippen LogP contribution in [-0.2, 0) is 13.1 Å². The number of piperazine rings is 1. The molecule has 1 aliphatic carbocycles. The maximum absolute atomic E-state index is 4.91. The summed E-state index contributed by atoms with van der Waals surface area (Å²) in [6.45, 7) is 8.30. The van der Waals surface area contributed by atoms with Crippen LogP contribution in [0.3, 0.4) is 0 Å². The molecule has 1 N–H and O–H groups in total. The summed E-state index contributed by atoms with van der Waals surface area (Å²) in [6, 6.07) is 9.45. The van der Waals surface area contributed by atoms with Gasteiger partial charge in [-0.3, -0.25) is 9.80 Å². The lowest BCUT2D eigenvalue weighted by Crippen LogP contribution is -2.47. The van der Waals surface area contributed by atoms with Crippen LogP contribution in [0.5, 0.6) is 0 Å². The van der Waals surface area contributed by atoms with Crippen molar-refractivity contribution < 1.29 is 0 Å². The van der Waals surface area contributed by atoms with E-state index >= 15 is 0 Å². The predicted octanol–water partition coefficient (Wildman–Crippen LogP) is 3.31. The number of hydrogen-bond acceptors (Lipinski definition) is 7. The van der Waals surface area contributed by atoms with Crippen LogP contribution in [-0.4, -0.2) is 64.0 Å². The molecule has 2 fully saturated rings. The van der Waals surface area contributed by atoms with Gasteiger partial charge in [-0.1, -0.05) is 6.07 Å². The minimum Gasteiger partial charge on any atom is -0.352 e. The van der Waals surface area contributed by atoms with E-state index in [2.05, 4.69) is 63.2 Å². The summed E-state index contributed by atoms with van der Waals surface area (Å²) in [5, 5.41) is 4.47. The topological polar surface area (TPSA) is 60.4 Å². The number of pyridine rings is 1. The summed E-state index contributed by atoms with van der Waals surface area (Å²) >= 11 is 0. The van der Waals surface area contributed by atoms with Crippen LogP contribution < -0.4 is 10.2 Å². The van der Waals surface area contributed by atoms with Crippen molar-refractivity contribution >= 4 is 28.4 Å². The molecule has 160 valence electrons. The van der Waals surface area contributed by atoms with Crippen molar-refractivity contribution in [2.45, 2.75) is 38.9 Å². The lowest BCUT2D eigenvalue weighted by atomic mass is 10.1. The van der Waals surface area contributed by atoms with Crippen LogP contribution in [0.2, 0.25) is 0 Å². The summed E-state index contributed by atoms with van der Waals surface area (Å²) in [5.41, 5.74) is 5.76. The molecule has 0 atom stereocenters. The van der Waals surface area contributed by atoms with E-state index in [0.717, 1.165) is 73.4 Å². The number of fused-ring (bicyclic) bond motifs is 2. The van der Waals surface area contributed by atoms with Gasteiger partial charge in [0.25, 0.3) is 0 Å². The highest BCUT2D eigenvalue weighted by Crippen LogP contribution is 2.31. The normalized spacial score (nSPS) is 19.7. The molecule has 4 heterocycles. The monoisotopic (exact) mass is 415 g/mol. The fourth-order valence-corrected chi connectivity index (χ4v) is 4.94. The zero-order valence-corrected chi connectivity index (χ0v) is 18.3. The Balaban J connectivity index is 1.29. The molecule has 0 spiro atoms. The molecule has 1 aromatic carbocycles. The zero-order valence-electron chi connectivity index (χ0n) is 18.3. The minimum atomic E-state index is 0.627. The van der Waals surface area contributed by atoms with Gasteiger partial charge in [0.05, 0.1) is 0 Å². The average molecular weight is 416 g/mol. The van der Waals surface area contributed by atoms with Gasteiger partial charge in [0.15, 0.2) is 5.82 Å². The van der Waals surface area contributed by atoms with Crippen molar-refractivity contribution in [2.24, 2.45) is 0 Å². The van der Waals surface area contributed by atoms with Crippen LogP contribution in [0.4, 0.5) is 17.5 Å². The summed E-state index contributed by atoms with van der Waals surface area (Å²) < 4.78 is 0. The fraction of sp³-hybridized carbons (Fsp3) is 0.458. The molecule has 6 rings (SSSR count). The van der Waals surface area contributed by atoms with Gasteiger partial charge >= 0.3 is 0 Å². The molecule has 0 radical (unpaired) electrons. The minimum absolute atomic E-state index is 0.627. The average Bonchev–Trinajstić information content (AvgIpc) is 3.55. The van der Waals surface area contributed by atoms with Crippen molar-refractivity contribution in [1.29, 1.82) is 0 Å². The number of aromatic nitrogens is 3. The lowest BCUT2D eigenvalue weighted by Gasteiger charge is -2.35. The van der Waals surface area contributed by atoms with Crippen molar-refractivity contribution in [3.8, 4) is 0 Å². The first-order chi connectivity index (χ1) is 15.1. The van der Waals surface area contributed by atoms with Crippen LogP contribution in [0.25, 0.3) is 10.9 Å². The number of aryl methyl sites for hydroxylation is 1. The predicted molar refractivity (Wildman–Crippen MR) is 124 cm³/mol. The third-order valence-electron chi connectivity index (χ3n) is 6.70. The van der Waals surface area contributed by atoms with Gasteiger partial charge in [0.2, 0.25) is 5.95 Å². The first-order valence-corrected chi connectivity index (χ1v) is 11.3. The van der Waals surface area contributed by atoms with E-state index in [4.69, 9.17) is 9.97 Å². The molecule has 3 aliphatic rings. The Morgan fingerprint density at radius 3 is 2.58 bits per heavy atom. The Bertz CT molecular complexity index is 1130. The van der Waals surface area contributed by atoms with Crippen molar-refractivity contribution in [2.75, 3.05) is 43.4 Å². The van der Waals surface area contributed by atoms with E-state index in [9.17, 15) is 0 Å². The molecular weight excluding hydrogens is 386 g/mol. The van der Waals surface area contributed by atoms with Gasteiger partial charge in [0, 0.05) is 68.3 Å². The van der Waals surface area contributed by atoms with Crippen LogP contribution in [0.15, 0.2) is 30.5 Å². The molecular formula is C24H29N7. The third-order valence-corrected chi connectivity index (χ3v) is 6.70. The Morgan fingerprint density at radius 2 is 1.77 bits per heavy atom. The number of nitrogens with one attached hydrogen (secondary N) is 1. The summed E-state index contributed by atoms with van der Waals surface area (Å²) in [6.07, 6.45) is 4.66. The van der Waals surface area contributed by atoms with E-state index in [1.54, 1.807) is 0 Å². The molecule has 1 saturated carbocycles. The number of benzene rings is 1. The second-order valence-electron chi connectivity index (χ2n) is 9.25. The standard InChI is InChI=1S/C24H29N7/c1-16-11-18-13-25-24(27-20-4-3-17-14-29(2)15-19(17)12-20)28-22(18)23(26-16)31-9-7-30(8-10-31)21-5-6-21/h3-4,11-13,21H,5-10,14-15H2,1-2H3,(H,25,27,28). The Labute approximate surface area is 183 Å². The highest BCUT2D eigenvalue weighted by atomic mass is 15.3. The second-order valence-corrected chi connectivity index (χ2v) is 9.25. The van der Waals surface area contributed by atoms with Gasteiger partial charge in [-0.15, -0.1) is 0 Å². The first kappa shape index (κ1) is 19.0. The Morgan fingerprint density at radius 1 is 0.968 bits per heavy atom. The number of anilines is 3. The molecule has 7 heteroatoms. The Kier molecular flexibility index (Phi) is 4.54. The number of hydrogen-bond donors (Lipinski definition) is 1. The highest BCUT2D eigenvalue weighted by molar-refractivity contribution is 5.89. The maximum Gasteiger partial charge on any atom is 0.227 e. The number of nitrogens with zero attached hydrogens (tertiary/aromatic N) is 6. The molecule has 0 amide bonds. The molecule has 31 heavy (non-hydrogen) atoms. The Hall–Kier alpha value is -2.77. The molecule has 2 aromatic heterocycles. The van der Waals surface area contributed by atoms with Crippen LogP contribution >= 0.6 is 0 Å². The lowest BCUT2D eigenvalue weighted by molar-refractivity contribution is 0.248. The van der Waals surface area contributed by atoms with Gasteiger partial charge in [-0.25, -0.2) is 15.0 Å². The van der Waals surface area contributed by atoms with Crippen molar-refractivity contribution in [3.63, 3.8) is 0 Å². The molecule has 7 nitrogen and oxygen atoms in total. The number of rotatable bonds is 4. The third kappa shape index (κ3) is 3.72. The van der Waals surface area contributed by atoms with Gasteiger partial charge in [0.1, 0.15) is 5.52 Å². The fourth-order valence-electron chi connectivity index (χ4n) is 4.94. The summed E-state index contributed by atoms with van der Waals surface area (Å²) in [5.74, 6) is 1.62. The SMILES string of the molecule is Cc1cc2cnc(Nc3ccc4c(c3)CN(C)C4)nc2c(N2CCN(C3CC3)CC2)n1. The van der Waals surface area contributed by atoms with Crippen LogP contribution in [0.1, 0.15) is 29.7 Å². The molecule has 2 aliphatic heterocycles. The first-order valence-electron chi connectivity index (χ1n) is 11.3. The molecule has 0 unspecified atom stereocenters. The zero-order chi connectivity index (χ0) is 20.9. The summed E-state index contributed by atoms with van der Waals surface area (Å²) in [4.78, 5) is 21.8. The largest absolute Gasteiger partial charge is 0.352 e. The van der Waals surface area contributed by atoms with Gasteiger partial charge < -0.3 is 10.2 Å². The van der Waals surface area contributed by atoms with E-state index in [1.165, 1.54) is 24.0 Å². The van der Waals surface area contributed by atoms with E-state index < -0.39 is 0 Å². The van der Waals surface area contributed by atoms with Crippen LogP contribution in [0, 0.1) is 6.92 Å². The molecule has 1 saturated heterocycles. The molecule has 0 bridgehead atoms. The van der Waals surface area contributed by atoms with Crippen molar-refractivity contribution in [1.82, 2.24) is 24.8 Å². The highest BCUT2D eigenvalue weighted by Gasteiger charge is 2.32. The molecule has 3 aromatic rings. The summed E-state index contributed by atoms with van der Waals surface area (Å²) in [7, 11) is 2.15. The quantitative estimate of drug-likeness (QED) is 0.701.